The first-order chi connectivity index (χ1) is 12.1. The summed E-state index contributed by atoms with van der Waals surface area (Å²) in [5.74, 6) is 1.41. The van der Waals surface area contributed by atoms with E-state index < -0.39 is 10.0 Å². The first-order valence-corrected chi connectivity index (χ1v) is 9.61. The van der Waals surface area contributed by atoms with Gasteiger partial charge >= 0.3 is 0 Å². The Kier molecular flexibility index (Phi) is 3.88. The van der Waals surface area contributed by atoms with Crippen LogP contribution in [0.3, 0.4) is 0 Å². The van der Waals surface area contributed by atoms with E-state index in [0.717, 1.165) is 37.6 Å². The average Bonchev–Trinajstić information content (AvgIpc) is 2.94. The Bertz CT molecular complexity index is 915. The summed E-state index contributed by atoms with van der Waals surface area (Å²) in [7, 11) is -1.90. The molecule has 2 aliphatic heterocycles. The second-order valence-electron chi connectivity index (χ2n) is 6.06. The average molecular weight is 357 g/mol. The third-order valence-corrected chi connectivity index (χ3v) is 5.95. The third kappa shape index (κ3) is 2.84. The van der Waals surface area contributed by atoms with Crippen molar-refractivity contribution in [1.29, 1.82) is 0 Å². The predicted molar refractivity (Wildman–Crippen MR) is 96.9 cm³/mol. The lowest BCUT2D eigenvalue weighted by molar-refractivity contribution is 0.387. The highest BCUT2D eigenvalue weighted by Gasteiger charge is 2.32. The van der Waals surface area contributed by atoms with Crippen molar-refractivity contribution in [2.24, 2.45) is 4.40 Å². The number of sulfonamides is 1. The molecular formula is C18H19N3O3S. The molecule has 0 unspecified atom stereocenters. The highest BCUT2D eigenvalue weighted by molar-refractivity contribution is 7.90. The molecule has 2 heterocycles. The fraction of sp³-hybridized carbons (Fsp3) is 0.278. The smallest absolute Gasteiger partial charge is 0.285 e. The van der Waals surface area contributed by atoms with Gasteiger partial charge in [-0.1, -0.05) is 12.1 Å². The lowest BCUT2D eigenvalue weighted by atomic mass is 10.1. The third-order valence-electron chi connectivity index (χ3n) is 4.63. The van der Waals surface area contributed by atoms with Gasteiger partial charge in [-0.25, -0.2) is 0 Å². The molecule has 0 amide bonds. The van der Waals surface area contributed by atoms with Gasteiger partial charge < -0.3 is 14.5 Å². The van der Waals surface area contributed by atoms with Crippen LogP contribution < -0.4 is 9.64 Å². The van der Waals surface area contributed by atoms with Crippen molar-refractivity contribution in [3.63, 3.8) is 0 Å². The molecule has 25 heavy (non-hydrogen) atoms. The number of benzene rings is 2. The second kappa shape index (κ2) is 6.07. The van der Waals surface area contributed by atoms with Crippen LogP contribution in [0.25, 0.3) is 0 Å². The fourth-order valence-electron chi connectivity index (χ4n) is 3.29. The highest BCUT2D eigenvalue weighted by atomic mass is 32.2. The second-order valence-corrected chi connectivity index (χ2v) is 7.63. The summed E-state index contributed by atoms with van der Waals surface area (Å²) >= 11 is 0. The van der Waals surface area contributed by atoms with Crippen molar-refractivity contribution in [2.75, 3.05) is 38.2 Å². The maximum absolute atomic E-state index is 12.2. The molecule has 1 saturated heterocycles. The minimum Gasteiger partial charge on any atom is -0.497 e. The molecule has 0 spiro atoms. The summed E-state index contributed by atoms with van der Waals surface area (Å²) in [5.41, 5.74) is 1.85. The van der Waals surface area contributed by atoms with E-state index in [0.29, 0.717) is 16.3 Å². The Morgan fingerprint density at radius 2 is 1.56 bits per heavy atom. The van der Waals surface area contributed by atoms with E-state index in [1.54, 1.807) is 19.2 Å². The largest absolute Gasteiger partial charge is 0.497 e. The van der Waals surface area contributed by atoms with Crippen molar-refractivity contribution >= 4 is 21.5 Å². The van der Waals surface area contributed by atoms with Crippen LogP contribution in [-0.2, 0) is 10.0 Å². The maximum atomic E-state index is 12.2. The molecular weight excluding hydrogens is 338 g/mol. The minimum atomic E-state index is -3.56. The monoisotopic (exact) mass is 357 g/mol. The predicted octanol–water partition coefficient (Wildman–Crippen LogP) is 1.97. The van der Waals surface area contributed by atoms with Crippen molar-refractivity contribution in [3.8, 4) is 5.75 Å². The van der Waals surface area contributed by atoms with E-state index in [1.165, 1.54) is 0 Å². The summed E-state index contributed by atoms with van der Waals surface area (Å²) in [6, 6.07) is 15.0. The summed E-state index contributed by atoms with van der Waals surface area (Å²) in [6.45, 7) is 3.09. The van der Waals surface area contributed by atoms with Crippen molar-refractivity contribution < 1.29 is 13.2 Å². The van der Waals surface area contributed by atoms with Crippen molar-refractivity contribution in [2.45, 2.75) is 4.90 Å². The zero-order valence-electron chi connectivity index (χ0n) is 13.9. The summed E-state index contributed by atoms with van der Waals surface area (Å²) in [6.07, 6.45) is 0. The lowest BCUT2D eigenvalue weighted by Gasteiger charge is -2.37. The summed E-state index contributed by atoms with van der Waals surface area (Å²) < 4.78 is 33.6. The Hall–Kier alpha value is -2.54. The molecule has 0 atom stereocenters. The van der Waals surface area contributed by atoms with E-state index in [9.17, 15) is 8.42 Å². The van der Waals surface area contributed by atoms with Crippen molar-refractivity contribution in [3.05, 3.63) is 54.1 Å². The number of methoxy groups -OCH3 is 1. The molecule has 0 radical (unpaired) electrons. The van der Waals surface area contributed by atoms with Crippen LogP contribution in [0.5, 0.6) is 5.75 Å². The number of hydrogen-bond donors (Lipinski definition) is 0. The van der Waals surface area contributed by atoms with Gasteiger partial charge in [-0.2, -0.15) is 8.42 Å². The molecule has 2 aromatic rings. The van der Waals surface area contributed by atoms with Gasteiger partial charge in [0.15, 0.2) is 5.84 Å². The Morgan fingerprint density at radius 3 is 2.24 bits per heavy atom. The normalized spacial score (nSPS) is 18.7. The van der Waals surface area contributed by atoms with Crippen LogP contribution >= 0.6 is 0 Å². The van der Waals surface area contributed by atoms with E-state index in [4.69, 9.17) is 4.74 Å². The number of hydrogen-bond acceptors (Lipinski definition) is 5. The highest BCUT2D eigenvalue weighted by Crippen LogP contribution is 2.28. The molecule has 0 aromatic heterocycles. The van der Waals surface area contributed by atoms with Gasteiger partial charge in [0.1, 0.15) is 10.6 Å². The first-order valence-electron chi connectivity index (χ1n) is 8.17. The Morgan fingerprint density at radius 1 is 0.920 bits per heavy atom. The molecule has 0 saturated carbocycles. The van der Waals surface area contributed by atoms with Gasteiger partial charge in [0.05, 0.1) is 7.11 Å². The number of fused-ring (bicyclic) bond motifs is 1. The van der Waals surface area contributed by atoms with Crippen LogP contribution in [-0.4, -0.2) is 52.4 Å². The first kappa shape index (κ1) is 16.0. The Balaban J connectivity index is 1.51. The molecule has 6 nitrogen and oxygen atoms in total. The van der Waals surface area contributed by atoms with Crippen LogP contribution in [0, 0.1) is 0 Å². The van der Waals surface area contributed by atoms with Gasteiger partial charge in [-0.15, -0.1) is 4.40 Å². The minimum absolute atomic E-state index is 0.308. The molecule has 2 aromatic carbocycles. The van der Waals surface area contributed by atoms with Gasteiger partial charge in [-0.05, 0) is 36.4 Å². The molecule has 2 aliphatic rings. The molecule has 130 valence electrons. The van der Waals surface area contributed by atoms with E-state index >= 15 is 0 Å². The summed E-state index contributed by atoms with van der Waals surface area (Å²) in [5, 5.41) is 0. The number of rotatable bonds is 2. The van der Waals surface area contributed by atoms with E-state index in [1.807, 2.05) is 36.4 Å². The number of amidine groups is 1. The molecule has 0 bridgehead atoms. The lowest BCUT2D eigenvalue weighted by Crippen LogP contribution is -2.48. The van der Waals surface area contributed by atoms with E-state index in [-0.39, 0.29) is 0 Å². The quantitative estimate of drug-likeness (QED) is 0.822. The SMILES string of the molecule is COc1ccc(N2CCN(C3=NS(=O)(=O)c4ccccc43)CC2)cc1. The van der Waals surface area contributed by atoms with Crippen LogP contribution in [0.1, 0.15) is 5.56 Å². The molecule has 1 fully saturated rings. The molecule has 4 rings (SSSR count). The molecule has 0 N–H and O–H groups in total. The number of piperazine rings is 1. The number of nitrogens with zero attached hydrogens (tertiary/aromatic N) is 3. The standard InChI is InChI=1S/C18H19N3O3S/c1-24-15-8-6-14(7-9-15)20-10-12-21(13-11-20)18-16-4-2-3-5-17(16)25(22,23)19-18/h2-9H,10-13H2,1H3. The summed E-state index contributed by atoms with van der Waals surface area (Å²) in [4.78, 5) is 4.65. The fourth-order valence-corrected chi connectivity index (χ4v) is 4.51. The van der Waals surface area contributed by atoms with Crippen LogP contribution in [0.2, 0.25) is 0 Å². The molecule has 7 heteroatoms. The van der Waals surface area contributed by atoms with Crippen molar-refractivity contribution in [1.82, 2.24) is 4.90 Å². The number of anilines is 1. The zero-order chi connectivity index (χ0) is 17.4. The van der Waals surface area contributed by atoms with Gasteiger partial charge in [0.25, 0.3) is 10.0 Å². The van der Waals surface area contributed by atoms with Gasteiger partial charge in [0, 0.05) is 37.4 Å². The van der Waals surface area contributed by atoms with E-state index in [2.05, 4.69) is 14.2 Å². The molecule has 0 aliphatic carbocycles. The zero-order valence-corrected chi connectivity index (χ0v) is 14.7. The maximum Gasteiger partial charge on any atom is 0.285 e. The van der Waals surface area contributed by atoms with Crippen LogP contribution in [0.4, 0.5) is 5.69 Å². The Labute approximate surface area is 147 Å². The van der Waals surface area contributed by atoms with Crippen LogP contribution in [0.15, 0.2) is 57.8 Å². The topological polar surface area (TPSA) is 62.2 Å². The van der Waals surface area contributed by atoms with Gasteiger partial charge in [-0.3, -0.25) is 0 Å². The number of ether oxygens (including phenoxy) is 1. The van der Waals surface area contributed by atoms with Gasteiger partial charge in [0.2, 0.25) is 0 Å².